The molecule has 4 rings (SSSR count). The van der Waals surface area contributed by atoms with E-state index in [-0.39, 0.29) is 11.8 Å². The maximum atomic E-state index is 13.0. The van der Waals surface area contributed by atoms with Crippen molar-refractivity contribution in [3.8, 4) is 0 Å². The van der Waals surface area contributed by atoms with Gasteiger partial charge in [-0.15, -0.1) is 0 Å². The molecule has 0 unspecified atom stereocenters. The first-order valence-electron chi connectivity index (χ1n) is 9.20. The first kappa shape index (κ1) is 19.7. The Morgan fingerprint density at radius 1 is 0.897 bits per heavy atom. The Morgan fingerprint density at radius 3 is 2.10 bits per heavy atom. The average molecular weight is 432 g/mol. The lowest BCUT2D eigenvalue weighted by Crippen LogP contribution is -2.50. The van der Waals surface area contributed by atoms with Gasteiger partial charge in [-0.05, 0) is 38.1 Å². The molecule has 1 fully saturated rings. The summed E-state index contributed by atoms with van der Waals surface area (Å²) in [6.07, 6.45) is 1.56. The van der Waals surface area contributed by atoms with Gasteiger partial charge in [0, 0.05) is 53.2 Å². The number of amides is 2. The minimum atomic E-state index is -0.148. The first-order valence-corrected chi connectivity index (χ1v) is 9.95. The van der Waals surface area contributed by atoms with Crippen LogP contribution in [0.5, 0.6) is 0 Å². The average Bonchev–Trinajstić information content (AvgIpc) is 3.10. The number of piperazine rings is 1. The van der Waals surface area contributed by atoms with Gasteiger partial charge in [0.25, 0.3) is 11.8 Å². The molecule has 0 aliphatic carbocycles. The number of benzene rings is 1. The number of aryl methyl sites for hydroxylation is 2. The van der Waals surface area contributed by atoms with Gasteiger partial charge in [-0.2, -0.15) is 5.10 Å². The predicted molar refractivity (Wildman–Crippen MR) is 111 cm³/mol. The van der Waals surface area contributed by atoms with Crippen LogP contribution < -0.4 is 0 Å². The number of hydrogen-bond acceptors (Lipinski definition) is 4. The Bertz CT molecular complexity index is 1100. The van der Waals surface area contributed by atoms with E-state index in [1.807, 2.05) is 19.9 Å². The lowest BCUT2D eigenvalue weighted by molar-refractivity contribution is 0.0536. The van der Waals surface area contributed by atoms with E-state index in [0.29, 0.717) is 53.0 Å². The number of nitrogens with zero attached hydrogens (tertiary/aromatic N) is 5. The molecule has 2 aromatic heterocycles. The topological polar surface area (TPSA) is 70.8 Å². The number of carbonyl (C=O) groups is 2. The maximum Gasteiger partial charge on any atom is 0.259 e. The van der Waals surface area contributed by atoms with Crippen LogP contribution in [0.4, 0.5) is 0 Å². The van der Waals surface area contributed by atoms with Crippen LogP contribution >= 0.6 is 23.2 Å². The van der Waals surface area contributed by atoms with Crippen LogP contribution in [-0.4, -0.2) is 62.4 Å². The standard InChI is InChI=1S/C20H19Cl2N5O2/c1-12-7-13(2)27-18(24-12)17(11-23-27)20(29)26-5-3-25(4-6-26)19(28)14-8-15(21)10-16(22)9-14/h7-11H,3-6H2,1-2H3. The quantitative estimate of drug-likeness (QED) is 0.624. The molecule has 1 aliphatic rings. The van der Waals surface area contributed by atoms with Crippen molar-refractivity contribution in [3.05, 3.63) is 63.0 Å². The van der Waals surface area contributed by atoms with Gasteiger partial charge in [0.1, 0.15) is 5.56 Å². The molecule has 0 saturated carbocycles. The summed E-state index contributed by atoms with van der Waals surface area (Å²) >= 11 is 12.0. The Balaban J connectivity index is 1.48. The maximum absolute atomic E-state index is 13.0. The molecule has 2 amide bonds. The zero-order chi connectivity index (χ0) is 20.7. The fourth-order valence-corrected chi connectivity index (χ4v) is 4.09. The lowest BCUT2D eigenvalue weighted by Gasteiger charge is -2.34. The molecule has 7 nitrogen and oxygen atoms in total. The van der Waals surface area contributed by atoms with Crippen molar-refractivity contribution >= 4 is 40.7 Å². The van der Waals surface area contributed by atoms with E-state index in [9.17, 15) is 9.59 Å². The van der Waals surface area contributed by atoms with Gasteiger partial charge in [-0.25, -0.2) is 9.50 Å². The highest BCUT2D eigenvalue weighted by atomic mass is 35.5. The molecule has 3 heterocycles. The van der Waals surface area contributed by atoms with Crippen molar-refractivity contribution in [1.29, 1.82) is 0 Å². The van der Waals surface area contributed by atoms with Crippen molar-refractivity contribution in [2.45, 2.75) is 13.8 Å². The predicted octanol–water partition coefficient (Wildman–Crippen LogP) is 3.25. The highest BCUT2D eigenvalue weighted by molar-refractivity contribution is 6.35. The van der Waals surface area contributed by atoms with Crippen molar-refractivity contribution in [1.82, 2.24) is 24.4 Å². The zero-order valence-electron chi connectivity index (χ0n) is 16.0. The summed E-state index contributed by atoms with van der Waals surface area (Å²) in [6, 6.07) is 6.70. The molecule has 3 aromatic rings. The number of rotatable bonds is 2. The van der Waals surface area contributed by atoms with E-state index in [1.54, 1.807) is 38.7 Å². The molecule has 9 heteroatoms. The Hall–Kier alpha value is -2.64. The molecule has 0 radical (unpaired) electrons. The molecule has 0 N–H and O–H groups in total. The van der Waals surface area contributed by atoms with Crippen molar-refractivity contribution in [2.75, 3.05) is 26.2 Å². The second-order valence-corrected chi connectivity index (χ2v) is 7.95. The third-order valence-electron chi connectivity index (χ3n) is 4.97. The Kier molecular flexibility index (Phi) is 5.19. The van der Waals surface area contributed by atoms with E-state index in [4.69, 9.17) is 23.2 Å². The third-order valence-corrected chi connectivity index (χ3v) is 5.41. The summed E-state index contributed by atoms with van der Waals surface area (Å²) in [4.78, 5) is 33.7. The van der Waals surface area contributed by atoms with E-state index < -0.39 is 0 Å². The Morgan fingerprint density at radius 2 is 1.48 bits per heavy atom. The smallest absolute Gasteiger partial charge is 0.259 e. The summed E-state index contributed by atoms with van der Waals surface area (Å²) in [5, 5.41) is 5.13. The fourth-order valence-electron chi connectivity index (χ4n) is 3.56. The summed E-state index contributed by atoms with van der Waals surface area (Å²) in [5.74, 6) is -0.277. The third kappa shape index (κ3) is 3.80. The molecular weight excluding hydrogens is 413 g/mol. The van der Waals surface area contributed by atoms with E-state index in [0.717, 1.165) is 11.4 Å². The van der Waals surface area contributed by atoms with Crippen LogP contribution in [0.25, 0.3) is 5.65 Å². The number of hydrogen-bond donors (Lipinski definition) is 0. The lowest BCUT2D eigenvalue weighted by atomic mass is 10.1. The molecule has 1 saturated heterocycles. The fraction of sp³-hybridized carbons (Fsp3) is 0.300. The van der Waals surface area contributed by atoms with E-state index in [2.05, 4.69) is 10.1 Å². The second kappa shape index (κ2) is 7.65. The summed E-state index contributed by atoms with van der Waals surface area (Å²) in [6.45, 7) is 5.54. The normalized spacial score (nSPS) is 14.5. The first-order chi connectivity index (χ1) is 13.8. The van der Waals surface area contributed by atoms with Gasteiger partial charge in [0.05, 0.1) is 6.20 Å². The molecule has 0 atom stereocenters. The van der Waals surface area contributed by atoms with Crippen LogP contribution in [0.15, 0.2) is 30.5 Å². The molecule has 29 heavy (non-hydrogen) atoms. The second-order valence-electron chi connectivity index (χ2n) is 7.08. The van der Waals surface area contributed by atoms with Gasteiger partial charge < -0.3 is 9.80 Å². The molecule has 0 spiro atoms. The highest BCUT2D eigenvalue weighted by Gasteiger charge is 2.28. The van der Waals surface area contributed by atoms with Crippen molar-refractivity contribution in [2.24, 2.45) is 0 Å². The minimum absolute atomic E-state index is 0.129. The summed E-state index contributed by atoms with van der Waals surface area (Å²) in [5.41, 5.74) is 3.22. The summed E-state index contributed by atoms with van der Waals surface area (Å²) in [7, 11) is 0. The van der Waals surface area contributed by atoms with Crippen LogP contribution in [0.1, 0.15) is 32.1 Å². The highest BCUT2D eigenvalue weighted by Crippen LogP contribution is 2.21. The largest absolute Gasteiger partial charge is 0.335 e. The minimum Gasteiger partial charge on any atom is -0.335 e. The molecule has 0 bridgehead atoms. The zero-order valence-corrected chi connectivity index (χ0v) is 17.5. The van der Waals surface area contributed by atoms with Crippen molar-refractivity contribution in [3.63, 3.8) is 0 Å². The number of halogens is 2. The number of aromatic nitrogens is 3. The van der Waals surface area contributed by atoms with Crippen LogP contribution in [0.3, 0.4) is 0 Å². The Labute approximate surface area is 177 Å². The van der Waals surface area contributed by atoms with Gasteiger partial charge in [-0.3, -0.25) is 9.59 Å². The molecule has 1 aliphatic heterocycles. The van der Waals surface area contributed by atoms with Crippen LogP contribution in [0, 0.1) is 13.8 Å². The van der Waals surface area contributed by atoms with Crippen LogP contribution in [0.2, 0.25) is 10.0 Å². The monoisotopic (exact) mass is 431 g/mol. The van der Waals surface area contributed by atoms with E-state index >= 15 is 0 Å². The molecular formula is C20H19Cl2N5O2. The number of carbonyl (C=O) groups excluding carboxylic acids is 2. The van der Waals surface area contributed by atoms with E-state index in [1.165, 1.54) is 0 Å². The van der Waals surface area contributed by atoms with Crippen LogP contribution in [-0.2, 0) is 0 Å². The SMILES string of the molecule is Cc1cc(C)n2ncc(C(=O)N3CCN(C(=O)c4cc(Cl)cc(Cl)c4)CC3)c2n1. The summed E-state index contributed by atoms with van der Waals surface area (Å²) < 4.78 is 1.67. The van der Waals surface area contributed by atoms with Gasteiger partial charge >= 0.3 is 0 Å². The molecule has 1 aromatic carbocycles. The van der Waals surface area contributed by atoms with Gasteiger partial charge in [0.15, 0.2) is 5.65 Å². The van der Waals surface area contributed by atoms with Gasteiger partial charge in [-0.1, -0.05) is 23.2 Å². The van der Waals surface area contributed by atoms with Crippen molar-refractivity contribution < 1.29 is 9.59 Å². The molecule has 150 valence electrons. The number of fused-ring (bicyclic) bond motifs is 1. The van der Waals surface area contributed by atoms with Gasteiger partial charge in [0.2, 0.25) is 0 Å².